The maximum absolute atomic E-state index is 13.1. The fourth-order valence-electron chi connectivity index (χ4n) is 4.60. The summed E-state index contributed by atoms with van der Waals surface area (Å²) in [7, 11) is 0. The number of benzene rings is 3. The Morgan fingerprint density at radius 2 is 1.75 bits per heavy atom. The van der Waals surface area contributed by atoms with Gasteiger partial charge in [0.15, 0.2) is 6.61 Å². The van der Waals surface area contributed by atoms with E-state index >= 15 is 0 Å². The first kappa shape index (κ1) is 29.0. The Balaban J connectivity index is 1.45. The Morgan fingerprint density at radius 3 is 2.58 bits per heavy atom. The van der Waals surface area contributed by atoms with Gasteiger partial charge in [-0.3, -0.25) is 14.4 Å². The highest BCUT2D eigenvalue weighted by Crippen LogP contribution is 2.31. The van der Waals surface area contributed by atoms with Crippen LogP contribution in [0.15, 0.2) is 60.7 Å². The number of hydrogen-bond acceptors (Lipinski definition) is 5. The van der Waals surface area contributed by atoms with Gasteiger partial charge in [-0.1, -0.05) is 29.8 Å². The van der Waals surface area contributed by atoms with Gasteiger partial charge in [-0.15, -0.1) is 0 Å². The highest BCUT2D eigenvalue weighted by atomic mass is 35.5. The number of phenols is 1. The molecule has 3 aromatic rings. The lowest BCUT2D eigenvalue weighted by Gasteiger charge is -2.23. The molecule has 0 fully saturated rings. The van der Waals surface area contributed by atoms with Crippen LogP contribution < -0.4 is 15.4 Å². The molecule has 4 bridgehead atoms. The first-order valence-electron chi connectivity index (χ1n) is 13.4. The summed E-state index contributed by atoms with van der Waals surface area (Å²) in [5.41, 5.74) is 3.62. The van der Waals surface area contributed by atoms with E-state index in [-0.39, 0.29) is 36.5 Å². The Morgan fingerprint density at radius 1 is 0.950 bits per heavy atom. The van der Waals surface area contributed by atoms with Gasteiger partial charge in [0.2, 0.25) is 5.91 Å². The summed E-state index contributed by atoms with van der Waals surface area (Å²) < 4.78 is 5.76. The van der Waals surface area contributed by atoms with Crippen molar-refractivity contribution in [3.8, 4) is 22.6 Å². The second kappa shape index (κ2) is 13.8. The number of fused-ring (bicyclic) bond motifs is 5. The van der Waals surface area contributed by atoms with Crippen LogP contribution in [0.4, 0.5) is 0 Å². The summed E-state index contributed by atoms with van der Waals surface area (Å²) in [6, 6.07) is 17.6. The SMILES string of the molecule is Cc1cc(Cl)ccc1OCC(=O)N1CCCNC(=O)c2cccc(c2)-c2cc(ccc2O)CCNC(=O)CCC1. The summed E-state index contributed by atoms with van der Waals surface area (Å²) in [4.78, 5) is 40.1. The number of carbonyl (C=O) groups is 3. The molecular weight excluding hydrogens is 530 g/mol. The molecule has 0 saturated heterocycles. The monoisotopic (exact) mass is 563 g/mol. The molecule has 0 spiro atoms. The van der Waals surface area contributed by atoms with Crippen LogP contribution in [0.3, 0.4) is 0 Å². The molecule has 0 unspecified atom stereocenters. The molecule has 1 heterocycles. The number of rotatable bonds is 3. The number of amides is 3. The molecule has 8 nitrogen and oxygen atoms in total. The number of nitrogens with one attached hydrogen (secondary N) is 2. The van der Waals surface area contributed by atoms with Crippen molar-refractivity contribution in [2.75, 3.05) is 32.8 Å². The molecular formula is C31H34ClN3O5. The Labute approximate surface area is 239 Å². The minimum atomic E-state index is -0.232. The van der Waals surface area contributed by atoms with Gasteiger partial charge < -0.3 is 25.4 Å². The lowest BCUT2D eigenvalue weighted by Crippen LogP contribution is -2.38. The van der Waals surface area contributed by atoms with Crippen molar-refractivity contribution >= 4 is 29.3 Å². The average molecular weight is 564 g/mol. The van der Waals surface area contributed by atoms with Crippen molar-refractivity contribution in [2.24, 2.45) is 0 Å². The van der Waals surface area contributed by atoms with E-state index in [0.29, 0.717) is 67.3 Å². The van der Waals surface area contributed by atoms with Crippen molar-refractivity contribution in [3.05, 3.63) is 82.4 Å². The van der Waals surface area contributed by atoms with E-state index in [0.717, 1.165) is 16.7 Å². The molecule has 3 N–H and O–H groups in total. The molecule has 210 valence electrons. The second-order valence-corrected chi connectivity index (χ2v) is 10.3. The zero-order valence-electron chi connectivity index (χ0n) is 22.5. The molecule has 0 aromatic heterocycles. The standard InChI is InChI=1S/C31H34ClN3O5/c1-21-17-25(32)9-11-28(21)40-20-30(38)35-15-3-7-29(37)33-14-12-22-8-10-27(36)26(18-22)23-5-2-6-24(19-23)31(39)34-13-4-16-35/h2,5-6,8-11,17-19,36H,3-4,7,12-16,20H2,1H3,(H,33,37)(H,34,39). The highest BCUT2D eigenvalue weighted by Gasteiger charge is 2.17. The van der Waals surface area contributed by atoms with Gasteiger partial charge in [0.05, 0.1) is 0 Å². The number of hydrogen-bond donors (Lipinski definition) is 3. The Bertz CT molecular complexity index is 1380. The molecule has 0 saturated carbocycles. The number of ether oxygens (including phenoxy) is 1. The zero-order valence-corrected chi connectivity index (χ0v) is 23.3. The van der Waals surface area contributed by atoms with Gasteiger partial charge >= 0.3 is 0 Å². The molecule has 1 aliphatic rings. The quantitative estimate of drug-likeness (QED) is 0.435. The van der Waals surface area contributed by atoms with Gasteiger partial charge in [-0.2, -0.15) is 0 Å². The van der Waals surface area contributed by atoms with Crippen LogP contribution in [-0.4, -0.2) is 60.5 Å². The van der Waals surface area contributed by atoms with E-state index in [1.807, 2.05) is 25.1 Å². The van der Waals surface area contributed by atoms with Crippen molar-refractivity contribution in [3.63, 3.8) is 0 Å². The first-order valence-corrected chi connectivity index (χ1v) is 13.8. The molecule has 3 aromatic carbocycles. The van der Waals surface area contributed by atoms with Crippen molar-refractivity contribution in [1.82, 2.24) is 15.5 Å². The van der Waals surface area contributed by atoms with Gasteiger partial charge in [0.25, 0.3) is 11.8 Å². The van der Waals surface area contributed by atoms with E-state index in [1.165, 1.54) is 0 Å². The van der Waals surface area contributed by atoms with Crippen LogP contribution in [-0.2, 0) is 16.0 Å². The van der Waals surface area contributed by atoms with E-state index in [2.05, 4.69) is 10.6 Å². The molecule has 40 heavy (non-hydrogen) atoms. The van der Waals surface area contributed by atoms with E-state index in [9.17, 15) is 19.5 Å². The summed E-state index contributed by atoms with van der Waals surface area (Å²) in [6.45, 7) is 3.34. The molecule has 0 aliphatic carbocycles. The fraction of sp³-hybridized carbons (Fsp3) is 0.323. The number of aromatic hydroxyl groups is 1. The molecule has 3 amide bonds. The predicted octanol–water partition coefficient (Wildman–Crippen LogP) is 4.50. The number of phenolic OH excluding ortho intramolecular Hbond substituents is 1. The maximum Gasteiger partial charge on any atom is 0.260 e. The maximum atomic E-state index is 13.1. The minimum absolute atomic E-state index is 0.0858. The Kier molecular flexibility index (Phi) is 10.0. The molecule has 9 heteroatoms. The van der Waals surface area contributed by atoms with Crippen molar-refractivity contribution in [2.45, 2.75) is 32.6 Å². The smallest absolute Gasteiger partial charge is 0.260 e. The van der Waals surface area contributed by atoms with Crippen LogP contribution in [0.5, 0.6) is 11.5 Å². The number of halogens is 1. The first-order chi connectivity index (χ1) is 19.3. The largest absolute Gasteiger partial charge is 0.507 e. The third kappa shape index (κ3) is 7.99. The third-order valence-corrected chi connectivity index (χ3v) is 7.03. The van der Waals surface area contributed by atoms with Crippen molar-refractivity contribution in [1.29, 1.82) is 0 Å². The van der Waals surface area contributed by atoms with E-state index in [4.69, 9.17) is 16.3 Å². The number of carbonyl (C=O) groups excluding carboxylic acids is 3. The highest BCUT2D eigenvalue weighted by molar-refractivity contribution is 6.30. The molecule has 0 radical (unpaired) electrons. The summed E-state index contributed by atoms with van der Waals surface area (Å²) in [6.07, 6.45) is 1.90. The van der Waals surface area contributed by atoms with Gasteiger partial charge in [0.1, 0.15) is 11.5 Å². The third-order valence-electron chi connectivity index (χ3n) is 6.80. The molecule has 0 atom stereocenters. The minimum Gasteiger partial charge on any atom is -0.507 e. The number of aryl methyl sites for hydroxylation is 1. The lowest BCUT2D eigenvalue weighted by molar-refractivity contribution is -0.134. The van der Waals surface area contributed by atoms with Crippen molar-refractivity contribution < 1.29 is 24.2 Å². The molecule has 4 rings (SSSR count). The van der Waals surface area contributed by atoms with Gasteiger partial charge in [-0.05, 0) is 85.3 Å². The van der Waals surface area contributed by atoms with Gasteiger partial charge in [-0.25, -0.2) is 0 Å². The topological polar surface area (TPSA) is 108 Å². The average Bonchev–Trinajstić information content (AvgIpc) is 2.94. The van der Waals surface area contributed by atoms with Crippen LogP contribution in [0.1, 0.15) is 40.7 Å². The summed E-state index contributed by atoms with van der Waals surface area (Å²) in [5.74, 6) is 0.194. The predicted molar refractivity (Wildman–Crippen MR) is 155 cm³/mol. The second-order valence-electron chi connectivity index (χ2n) is 9.82. The van der Waals surface area contributed by atoms with Gasteiger partial charge in [0, 0.05) is 48.7 Å². The van der Waals surface area contributed by atoms with Crippen LogP contribution in [0.25, 0.3) is 11.1 Å². The normalized spacial score (nSPS) is 15.2. The fourth-order valence-corrected chi connectivity index (χ4v) is 4.83. The van der Waals surface area contributed by atoms with E-state index in [1.54, 1.807) is 47.4 Å². The van der Waals surface area contributed by atoms with Crippen LogP contribution in [0, 0.1) is 6.92 Å². The number of nitrogens with zero attached hydrogens (tertiary/aromatic N) is 1. The summed E-state index contributed by atoms with van der Waals surface area (Å²) >= 11 is 6.01. The zero-order chi connectivity index (χ0) is 28.5. The Hall–Kier alpha value is -4.04. The van der Waals surface area contributed by atoms with E-state index < -0.39 is 0 Å². The van der Waals surface area contributed by atoms with Crippen LogP contribution >= 0.6 is 11.6 Å². The van der Waals surface area contributed by atoms with Crippen LogP contribution in [0.2, 0.25) is 5.02 Å². The molecule has 1 aliphatic heterocycles. The lowest BCUT2D eigenvalue weighted by atomic mass is 9.98. The summed E-state index contributed by atoms with van der Waals surface area (Å²) in [5, 5.41) is 16.9.